The number of primary amides is 1. The number of nitrogens with one attached hydrogen (secondary N) is 1. The number of carbonyl (C=O) groups excluding carboxylic acids is 1. The normalized spacial score (nSPS) is 10.6. The van der Waals surface area contributed by atoms with Crippen molar-refractivity contribution in [3.8, 4) is 6.07 Å². The SMILES string of the molecule is CC(C)(CNc1cccnc1C#N)C(N)=O. The Hall–Kier alpha value is -2.09. The first-order chi connectivity index (χ1) is 7.47. The van der Waals surface area contributed by atoms with Crippen LogP contribution in [0.15, 0.2) is 18.3 Å². The molecular formula is C11H14N4O. The highest BCUT2D eigenvalue weighted by atomic mass is 16.1. The van der Waals surface area contributed by atoms with Gasteiger partial charge >= 0.3 is 0 Å². The molecule has 0 aliphatic carbocycles. The highest BCUT2D eigenvalue weighted by Crippen LogP contribution is 2.17. The van der Waals surface area contributed by atoms with E-state index in [0.717, 1.165) is 0 Å². The van der Waals surface area contributed by atoms with E-state index in [-0.39, 0.29) is 5.91 Å². The molecule has 5 heteroatoms. The van der Waals surface area contributed by atoms with E-state index < -0.39 is 5.41 Å². The molecule has 1 amide bonds. The summed E-state index contributed by atoms with van der Waals surface area (Å²) in [6, 6.07) is 5.43. The number of carbonyl (C=O) groups is 1. The first-order valence-electron chi connectivity index (χ1n) is 4.86. The van der Waals surface area contributed by atoms with Crippen LogP contribution in [-0.4, -0.2) is 17.4 Å². The fraction of sp³-hybridized carbons (Fsp3) is 0.364. The van der Waals surface area contributed by atoms with E-state index >= 15 is 0 Å². The Kier molecular flexibility index (Phi) is 3.46. The number of aromatic nitrogens is 1. The Bertz CT molecular complexity index is 434. The summed E-state index contributed by atoms with van der Waals surface area (Å²) in [5.41, 5.74) is 5.50. The maximum Gasteiger partial charge on any atom is 0.224 e. The monoisotopic (exact) mass is 218 g/mol. The Morgan fingerprint density at radius 1 is 1.69 bits per heavy atom. The zero-order valence-electron chi connectivity index (χ0n) is 9.32. The molecular weight excluding hydrogens is 204 g/mol. The van der Waals surface area contributed by atoms with Crippen LogP contribution in [-0.2, 0) is 4.79 Å². The predicted octanol–water partition coefficient (Wildman–Crippen LogP) is 0.877. The van der Waals surface area contributed by atoms with Crippen LogP contribution in [0.2, 0.25) is 0 Å². The molecule has 1 aromatic heterocycles. The highest BCUT2D eigenvalue weighted by molar-refractivity contribution is 5.80. The number of nitriles is 1. The van der Waals surface area contributed by atoms with E-state index in [1.807, 2.05) is 6.07 Å². The van der Waals surface area contributed by atoms with Crippen LogP contribution in [0.3, 0.4) is 0 Å². The lowest BCUT2D eigenvalue weighted by Crippen LogP contribution is -2.37. The maximum atomic E-state index is 11.1. The first-order valence-corrected chi connectivity index (χ1v) is 4.86. The number of hydrogen-bond acceptors (Lipinski definition) is 4. The van der Waals surface area contributed by atoms with Crippen LogP contribution < -0.4 is 11.1 Å². The fourth-order valence-corrected chi connectivity index (χ4v) is 1.04. The molecule has 0 spiro atoms. The van der Waals surface area contributed by atoms with Crippen molar-refractivity contribution in [1.82, 2.24) is 4.98 Å². The van der Waals surface area contributed by atoms with Crippen LogP contribution in [0.5, 0.6) is 0 Å². The minimum Gasteiger partial charge on any atom is -0.382 e. The van der Waals surface area contributed by atoms with Gasteiger partial charge in [-0.05, 0) is 26.0 Å². The zero-order valence-corrected chi connectivity index (χ0v) is 9.32. The minimum absolute atomic E-state index is 0.308. The Morgan fingerprint density at radius 3 is 2.94 bits per heavy atom. The molecule has 0 atom stereocenters. The van der Waals surface area contributed by atoms with E-state index in [9.17, 15) is 4.79 Å². The number of anilines is 1. The van der Waals surface area contributed by atoms with Crippen LogP contribution in [0.1, 0.15) is 19.5 Å². The molecule has 5 nitrogen and oxygen atoms in total. The van der Waals surface area contributed by atoms with Gasteiger partial charge in [0.05, 0.1) is 11.1 Å². The Balaban J connectivity index is 2.76. The summed E-state index contributed by atoms with van der Waals surface area (Å²) in [6.45, 7) is 3.85. The Morgan fingerprint density at radius 2 is 2.38 bits per heavy atom. The summed E-state index contributed by atoms with van der Waals surface area (Å²) in [5.74, 6) is -0.387. The van der Waals surface area contributed by atoms with Gasteiger partial charge in [0.1, 0.15) is 6.07 Å². The number of hydrogen-bond donors (Lipinski definition) is 2. The van der Waals surface area contributed by atoms with E-state index in [1.165, 1.54) is 0 Å². The van der Waals surface area contributed by atoms with Gasteiger partial charge in [-0.15, -0.1) is 0 Å². The van der Waals surface area contributed by atoms with Crippen LogP contribution in [0.4, 0.5) is 5.69 Å². The van der Waals surface area contributed by atoms with Crippen molar-refractivity contribution in [2.24, 2.45) is 11.1 Å². The second kappa shape index (κ2) is 4.62. The molecule has 0 saturated heterocycles. The molecule has 0 saturated carbocycles. The van der Waals surface area contributed by atoms with E-state index in [4.69, 9.17) is 11.0 Å². The molecule has 1 aromatic rings. The number of nitrogens with two attached hydrogens (primary N) is 1. The van der Waals surface area contributed by atoms with E-state index in [2.05, 4.69) is 10.3 Å². The van der Waals surface area contributed by atoms with Crippen molar-refractivity contribution in [2.45, 2.75) is 13.8 Å². The van der Waals surface area contributed by atoms with Crippen molar-refractivity contribution in [1.29, 1.82) is 5.26 Å². The third-order valence-corrected chi connectivity index (χ3v) is 2.30. The van der Waals surface area contributed by atoms with Crippen LogP contribution in [0.25, 0.3) is 0 Å². The number of nitrogens with zero attached hydrogens (tertiary/aromatic N) is 2. The molecule has 16 heavy (non-hydrogen) atoms. The molecule has 0 aromatic carbocycles. The molecule has 0 radical (unpaired) electrons. The van der Waals surface area contributed by atoms with Crippen molar-refractivity contribution < 1.29 is 4.79 Å². The van der Waals surface area contributed by atoms with Gasteiger partial charge in [0.25, 0.3) is 0 Å². The molecule has 84 valence electrons. The van der Waals surface area contributed by atoms with Crippen molar-refractivity contribution in [2.75, 3.05) is 11.9 Å². The number of rotatable bonds is 4. The first kappa shape index (κ1) is 12.0. The molecule has 0 bridgehead atoms. The molecule has 0 fully saturated rings. The second-order valence-electron chi connectivity index (χ2n) is 4.11. The van der Waals surface area contributed by atoms with Gasteiger partial charge in [-0.1, -0.05) is 0 Å². The highest BCUT2D eigenvalue weighted by Gasteiger charge is 2.24. The molecule has 1 heterocycles. The summed E-state index contributed by atoms with van der Waals surface area (Å²) >= 11 is 0. The molecule has 0 aliphatic heterocycles. The quantitative estimate of drug-likeness (QED) is 0.784. The summed E-state index contributed by atoms with van der Waals surface area (Å²) in [7, 11) is 0. The third-order valence-electron chi connectivity index (χ3n) is 2.30. The second-order valence-corrected chi connectivity index (χ2v) is 4.11. The fourth-order valence-electron chi connectivity index (χ4n) is 1.04. The largest absolute Gasteiger partial charge is 0.382 e. The average Bonchev–Trinajstić information content (AvgIpc) is 2.26. The average molecular weight is 218 g/mol. The summed E-state index contributed by atoms with van der Waals surface area (Å²) in [4.78, 5) is 15.0. The zero-order chi connectivity index (χ0) is 12.2. The van der Waals surface area contributed by atoms with E-state index in [0.29, 0.717) is 17.9 Å². The van der Waals surface area contributed by atoms with Crippen LogP contribution in [0, 0.1) is 16.7 Å². The standard InChI is InChI=1S/C11H14N4O/c1-11(2,10(13)16)7-15-8-4-3-5-14-9(8)6-12/h3-5,15H,7H2,1-2H3,(H2,13,16). The molecule has 0 unspecified atom stereocenters. The van der Waals surface area contributed by atoms with E-state index in [1.54, 1.807) is 32.2 Å². The predicted molar refractivity (Wildman–Crippen MR) is 60.4 cm³/mol. The minimum atomic E-state index is -0.664. The molecule has 0 aliphatic rings. The lowest BCUT2D eigenvalue weighted by Gasteiger charge is -2.21. The Labute approximate surface area is 94.3 Å². The molecule has 3 N–H and O–H groups in total. The van der Waals surface area contributed by atoms with Gasteiger partial charge in [-0.3, -0.25) is 4.79 Å². The van der Waals surface area contributed by atoms with Gasteiger partial charge in [-0.25, -0.2) is 4.98 Å². The summed E-state index contributed by atoms with van der Waals surface area (Å²) in [5, 5.41) is 11.8. The summed E-state index contributed by atoms with van der Waals surface area (Å²) in [6.07, 6.45) is 1.54. The van der Waals surface area contributed by atoms with Gasteiger partial charge in [0.2, 0.25) is 5.91 Å². The van der Waals surface area contributed by atoms with Gasteiger partial charge in [0, 0.05) is 12.7 Å². The van der Waals surface area contributed by atoms with Gasteiger partial charge in [-0.2, -0.15) is 5.26 Å². The lowest BCUT2D eigenvalue weighted by molar-refractivity contribution is -0.125. The number of amides is 1. The molecule has 1 rings (SSSR count). The van der Waals surface area contributed by atoms with Gasteiger partial charge in [0.15, 0.2) is 5.69 Å². The third kappa shape index (κ3) is 2.70. The van der Waals surface area contributed by atoms with Crippen molar-refractivity contribution in [3.63, 3.8) is 0 Å². The van der Waals surface area contributed by atoms with Crippen molar-refractivity contribution in [3.05, 3.63) is 24.0 Å². The van der Waals surface area contributed by atoms with Crippen molar-refractivity contribution >= 4 is 11.6 Å². The summed E-state index contributed by atoms with van der Waals surface area (Å²) < 4.78 is 0. The van der Waals surface area contributed by atoms with Crippen LogP contribution >= 0.6 is 0 Å². The number of pyridine rings is 1. The van der Waals surface area contributed by atoms with Gasteiger partial charge < -0.3 is 11.1 Å². The lowest BCUT2D eigenvalue weighted by atomic mass is 9.92. The maximum absolute atomic E-state index is 11.1. The topological polar surface area (TPSA) is 91.8 Å². The smallest absolute Gasteiger partial charge is 0.224 e.